The highest BCUT2D eigenvalue weighted by atomic mass is 32.2. The molecule has 3 aromatic rings. The number of methoxy groups -OCH3 is 2. The van der Waals surface area contributed by atoms with Crippen molar-refractivity contribution in [3.8, 4) is 17.2 Å². The number of phenolic OH excluding ortho intramolecular Hbond substituents is 1. The van der Waals surface area contributed by atoms with Gasteiger partial charge in [-0.25, -0.2) is 0 Å². The summed E-state index contributed by atoms with van der Waals surface area (Å²) in [7, 11) is 2.90. The van der Waals surface area contributed by atoms with Crippen molar-refractivity contribution in [3.05, 3.63) is 82.1 Å². The van der Waals surface area contributed by atoms with E-state index in [9.17, 15) is 9.90 Å². The maximum absolute atomic E-state index is 13.2. The number of rotatable bonds is 7. The zero-order valence-electron chi connectivity index (χ0n) is 18.9. The Kier molecular flexibility index (Phi) is 7.03. The van der Waals surface area contributed by atoms with Crippen molar-refractivity contribution >= 4 is 35.1 Å². The predicted molar refractivity (Wildman–Crippen MR) is 132 cm³/mol. The van der Waals surface area contributed by atoms with E-state index in [0.29, 0.717) is 21.4 Å². The number of phenols is 1. The van der Waals surface area contributed by atoms with Crippen LogP contribution in [0.15, 0.2) is 74.3 Å². The molecule has 0 saturated carbocycles. The maximum atomic E-state index is 13.2. The van der Waals surface area contributed by atoms with Crippen LogP contribution in [-0.2, 0) is 11.3 Å². The van der Waals surface area contributed by atoms with E-state index in [1.54, 1.807) is 30.5 Å². The third kappa shape index (κ3) is 4.99. The molecule has 1 aliphatic rings. The molecule has 0 atom stereocenters. The Morgan fingerprint density at radius 2 is 1.85 bits per heavy atom. The molecule has 2 heterocycles. The van der Waals surface area contributed by atoms with E-state index in [-0.39, 0.29) is 29.7 Å². The molecular weight excluding hydrogens is 454 g/mol. The largest absolute Gasteiger partial charge is 0.502 e. The number of ether oxygens (including phenoxy) is 2. The predicted octanol–water partition coefficient (Wildman–Crippen LogP) is 4.82. The smallest absolute Gasteiger partial charge is 0.267 e. The topological polar surface area (TPSA) is 96.9 Å². The molecule has 1 fully saturated rings. The van der Waals surface area contributed by atoms with Gasteiger partial charge in [-0.2, -0.15) is 5.10 Å². The van der Waals surface area contributed by atoms with Gasteiger partial charge in [0.15, 0.2) is 16.7 Å². The lowest BCUT2D eigenvalue weighted by Gasteiger charge is -2.12. The summed E-state index contributed by atoms with van der Waals surface area (Å²) in [5.41, 5.74) is 2.64. The number of benzene rings is 2. The molecule has 1 amide bonds. The molecule has 174 valence electrons. The van der Waals surface area contributed by atoms with E-state index in [1.807, 2.05) is 37.3 Å². The summed E-state index contributed by atoms with van der Waals surface area (Å²) in [6.45, 7) is 2.23. The van der Waals surface area contributed by atoms with E-state index in [2.05, 4.69) is 10.2 Å². The molecule has 0 unspecified atom stereocenters. The van der Waals surface area contributed by atoms with Gasteiger partial charge in [0.1, 0.15) is 5.76 Å². The summed E-state index contributed by atoms with van der Waals surface area (Å²) in [6.07, 6.45) is 4.92. The van der Waals surface area contributed by atoms with Crippen molar-refractivity contribution in [2.75, 3.05) is 14.2 Å². The number of carbonyl (C=O) groups excluding carboxylic acids is 1. The van der Waals surface area contributed by atoms with Crippen molar-refractivity contribution in [1.82, 2.24) is 4.90 Å². The van der Waals surface area contributed by atoms with Gasteiger partial charge in [0, 0.05) is 5.56 Å². The van der Waals surface area contributed by atoms with Crippen molar-refractivity contribution in [2.45, 2.75) is 13.5 Å². The SMILES string of the molecule is COc1cc(/C=N/N=C2\S/C(=C\c3ccccc3C)C(=O)N2Cc2ccco2)cc(OC)c1O. The molecule has 1 N–H and O–H groups in total. The van der Waals surface area contributed by atoms with Crippen LogP contribution in [0.25, 0.3) is 6.08 Å². The molecule has 0 aliphatic carbocycles. The van der Waals surface area contributed by atoms with Gasteiger partial charge in [0.25, 0.3) is 5.91 Å². The number of hydrogen-bond donors (Lipinski definition) is 1. The van der Waals surface area contributed by atoms with Gasteiger partial charge in [-0.3, -0.25) is 9.69 Å². The second kappa shape index (κ2) is 10.3. The lowest BCUT2D eigenvalue weighted by atomic mass is 10.1. The quantitative estimate of drug-likeness (QED) is 0.298. The average molecular weight is 478 g/mol. The number of nitrogens with zero attached hydrogens (tertiary/aromatic N) is 3. The van der Waals surface area contributed by atoms with Gasteiger partial charge < -0.3 is 19.0 Å². The number of hydrogen-bond acceptors (Lipinski definition) is 8. The number of aromatic hydroxyl groups is 1. The van der Waals surface area contributed by atoms with Crippen LogP contribution in [0, 0.1) is 6.92 Å². The molecule has 1 aliphatic heterocycles. The Hall–Kier alpha value is -3.98. The van der Waals surface area contributed by atoms with E-state index in [1.165, 1.54) is 37.1 Å². The van der Waals surface area contributed by atoms with Crippen LogP contribution in [0.1, 0.15) is 22.5 Å². The molecular formula is C25H23N3O5S. The number of furan rings is 1. The van der Waals surface area contributed by atoms with Crippen molar-refractivity contribution < 1.29 is 23.8 Å². The van der Waals surface area contributed by atoms with Crippen LogP contribution >= 0.6 is 11.8 Å². The molecule has 0 radical (unpaired) electrons. The van der Waals surface area contributed by atoms with E-state index in [0.717, 1.165) is 11.1 Å². The fourth-order valence-corrected chi connectivity index (χ4v) is 4.23. The van der Waals surface area contributed by atoms with Crippen molar-refractivity contribution in [3.63, 3.8) is 0 Å². The van der Waals surface area contributed by atoms with E-state index < -0.39 is 0 Å². The molecule has 0 bridgehead atoms. The summed E-state index contributed by atoms with van der Waals surface area (Å²) in [6, 6.07) is 14.6. The van der Waals surface area contributed by atoms with Crippen LogP contribution in [0.4, 0.5) is 0 Å². The Labute approximate surface area is 201 Å². The summed E-state index contributed by atoms with van der Waals surface area (Å²) >= 11 is 1.25. The summed E-state index contributed by atoms with van der Waals surface area (Å²) in [4.78, 5) is 15.3. The first-order valence-electron chi connectivity index (χ1n) is 10.4. The Balaban J connectivity index is 1.65. The molecule has 34 heavy (non-hydrogen) atoms. The molecule has 1 saturated heterocycles. The molecule has 8 nitrogen and oxygen atoms in total. The monoisotopic (exact) mass is 477 g/mol. The Morgan fingerprint density at radius 3 is 2.50 bits per heavy atom. The molecule has 0 spiro atoms. The summed E-state index contributed by atoms with van der Waals surface area (Å²) in [5, 5.41) is 19.0. The fourth-order valence-electron chi connectivity index (χ4n) is 3.30. The van der Waals surface area contributed by atoms with Gasteiger partial charge in [-0.15, -0.1) is 5.10 Å². The second-order valence-electron chi connectivity index (χ2n) is 7.34. The average Bonchev–Trinajstić information content (AvgIpc) is 3.45. The molecule has 4 rings (SSSR count). The van der Waals surface area contributed by atoms with Gasteiger partial charge >= 0.3 is 0 Å². The Morgan fingerprint density at radius 1 is 1.12 bits per heavy atom. The first-order chi connectivity index (χ1) is 16.5. The van der Waals surface area contributed by atoms with Gasteiger partial charge in [-0.1, -0.05) is 24.3 Å². The lowest BCUT2D eigenvalue weighted by Crippen LogP contribution is -2.28. The third-order valence-electron chi connectivity index (χ3n) is 5.11. The number of carbonyl (C=O) groups is 1. The fraction of sp³-hybridized carbons (Fsp3) is 0.160. The maximum Gasteiger partial charge on any atom is 0.267 e. The standard InChI is InChI=1S/C25H23N3O5S/c1-16-7-4-5-8-18(16)13-22-24(30)28(15-19-9-6-10-33-19)25(34-22)27-26-14-17-11-20(31-2)23(29)21(12-17)32-3/h4-14,29H,15H2,1-3H3/b22-13-,26-14+,27-25-. The highest BCUT2D eigenvalue weighted by Gasteiger charge is 2.34. The van der Waals surface area contributed by atoms with Crippen LogP contribution < -0.4 is 9.47 Å². The van der Waals surface area contributed by atoms with Crippen molar-refractivity contribution in [1.29, 1.82) is 0 Å². The third-order valence-corrected chi connectivity index (χ3v) is 6.11. The van der Waals surface area contributed by atoms with E-state index in [4.69, 9.17) is 13.9 Å². The minimum Gasteiger partial charge on any atom is -0.502 e. The number of amidine groups is 1. The van der Waals surface area contributed by atoms with Crippen LogP contribution in [0.3, 0.4) is 0 Å². The molecule has 1 aromatic heterocycles. The normalized spacial score (nSPS) is 16.2. The summed E-state index contributed by atoms with van der Waals surface area (Å²) < 4.78 is 15.8. The van der Waals surface area contributed by atoms with E-state index >= 15 is 0 Å². The minimum atomic E-state index is -0.174. The molecule has 9 heteroatoms. The minimum absolute atomic E-state index is 0.0963. The first-order valence-corrected chi connectivity index (χ1v) is 11.2. The van der Waals surface area contributed by atoms with Gasteiger partial charge in [-0.05, 0) is 60.2 Å². The zero-order chi connectivity index (χ0) is 24.1. The number of amides is 1. The first kappa shape index (κ1) is 23.2. The molecule has 2 aromatic carbocycles. The second-order valence-corrected chi connectivity index (χ2v) is 8.35. The zero-order valence-corrected chi connectivity index (χ0v) is 19.7. The van der Waals surface area contributed by atoms with Crippen LogP contribution in [0.5, 0.6) is 17.2 Å². The highest BCUT2D eigenvalue weighted by molar-refractivity contribution is 8.18. The van der Waals surface area contributed by atoms with Gasteiger partial charge in [0.2, 0.25) is 5.75 Å². The number of thioether (sulfide) groups is 1. The highest BCUT2D eigenvalue weighted by Crippen LogP contribution is 2.37. The number of aryl methyl sites for hydroxylation is 1. The van der Waals surface area contributed by atoms with Gasteiger partial charge in [0.05, 0.1) is 38.1 Å². The van der Waals surface area contributed by atoms with Crippen molar-refractivity contribution in [2.24, 2.45) is 10.2 Å². The Bertz CT molecular complexity index is 1260. The van der Waals surface area contributed by atoms with Crippen LogP contribution in [-0.4, -0.2) is 41.5 Å². The summed E-state index contributed by atoms with van der Waals surface area (Å²) in [5.74, 6) is 0.868. The van der Waals surface area contributed by atoms with Crippen LogP contribution in [0.2, 0.25) is 0 Å². The lowest BCUT2D eigenvalue weighted by molar-refractivity contribution is -0.122.